The van der Waals surface area contributed by atoms with Gasteiger partial charge >= 0.3 is 5.97 Å². The summed E-state index contributed by atoms with van der Waals surface area (Å²) < 4.78 is 44.8. The van der Waals surface area contributed by atoms with E-state index in [4.69, 9.17) is 42.5 Å². The lowest BCUT2D eigenvalue weighted by atomic mass is 9.79. The van der Waals surface area contributed by atoms with Gasteiger partial charge in [0.1, 0.15) is 36.1 Å². The van der Waals surface area contributed by atoms with E-state index in [0.29, 0.717) is 80.0 Å². The molecule has 4 saturated heterocycles. The van der Waals surface area contributed by atoms with Crippen LogP contribution in [0.2, 0.25) is 0 Å². The Hall–Kier alpha value is -3.69. The van der Waals surface area contributed by atoms with Crippen molar-refractivity contribution in [1.29, 1.82) is 0 Å². The first-order valence-electron chi connectivity index (χ1n) is 24.4. The van der Waals surface area contributed by atoms with Gasteiger partial charge in [-0.25, -0.2) is 14.8 Å². The van der Waals surface area contributed by atoms with Gasteiger partial charge in [0, 0.05) is 30.8 Å². The Morgan fingerprint density at radius 1 is 0.970 bits per heavy atom. The zero-order valence-electron chi connectivity index (χ0n) is 40.4. The number of carbonyl (C=O) groups is 1. The number of nitrogens with zero attached hydrogens (tertiary/aromatic N) is 2. The zero-order chi connectivity index (χ0) is 47.8. The Bertz CT molecular complexity index is 2170. The molecule has 2 N–H and O–H groups in total. The van der Waals surface area contributed by atoms with Crippen LogP contribution in [0.1, 0.15) is 142 Å². The number of esters is 1. The van der Waals surface area contributed by atoms with Crippen LogP contribution < -0.4 is 0 Å². The first kappa shape index (κ1) is 51.2. The molecular weight excluding hydrogens is 917 g/mol. The van der Waals surface area contributed by atoms with Gasteiger partial charge in [-0.05, 0) is 107 Å². The lowest BCUT2D eigenvalue weighted by Gasteiger charge is -2.44. The Morgan fingerprint density at radius 2 is 1.76 bits per heavy atom. The minimum Gasteiger partial charge on any atom is -0.458 e. The van der Waals surface area contributed by atoms with Gasteiger partial charge in [-0.1, -0.05) is 97.8 Å². The van der Waals surface area contributed by atoms with E-state index in [9.17, 15) is 15.0 Å². The summed E-state index contributed by atoms with van der Waals surface area (Å²) in [5, 5.41) is 22.2. The molecule has 5 aliphatic heterocycles. The molecule has 4 fully saturated rings. The van der Waals surface area contributed by atoms with Gasteiger partial charge in [0.15, 0.2) is 5.89 Å². The summed E-state index contributed by atoms with van der Waals surface area (Å²) >= 11 is 3.33. The summed E-state index contributed by atoms with van der Waals surface area (Å²) in [6, 6.07) is 0. The highest BCUT2D eigenvalue weighted by Gasteiger charge is 2.44. The van der Waals surface area contributed by atoms with Gasteiger partial charge in [0.25, 0.3) is 0 Å². The van der Waals surface area contributed by atoms with Crippen molar-refractivity contribution >= 4 is 34.1 Å². The third kappa shape index (κ3) is 14.2. The van der Waals surface area contributed by atoms with Gasteiger partial charge in [0.05, 0.1) is 60.9 Å². The second-order valence-corrected chi connectivity index (χ2v) is 21.0. The van der Waals surface area contributed by atoms with Crippen LogP contribution in [0, 0.1) is 23.7 Å². The molecule has 366 valence electrons. The van der Waals surface area contributed by atoms with Crippen LogP contribution in [0.4, 0.5) is 0 Å². The summed E-state index contributed by atoms with van der Waals surface area (Å²) in [4.78, 5) is 25.1. The van der Waals surface area contributed by atoms with E-state index in [1.165, 1.54) is 6.08 Å². The normalized spacial score (nSPS) is 36.9. The van der Waals surface area contributed by atoms with Gasteiger partial charge in [-0.3, -0.25) is 0 Å². The maximum atomic E-state index is 13.6. The molecule has 13 heteroatoms. The van der Waals surface area contributed by atoms with Crippen molar-refractivity contribution in [3.8, 4) is 0 Å². The number of rotatable bonds is 10. The molecule has 0 spiro atoms. The largest absolute Gasteiger partial charge is 0.458 e. The summed E-state index contributed by atoms with van der Waals surface area (Å²) in [5.74, 6) is 0.978. The number of fused-ring (bicyclic) bond motifs is 9. The number of hydrogen-bond donors (Lipinski definition) is 2. The monoisotopic (exact) mass is 988 g/mol. The minimum atomic E-state index is -0.747. The lowest BCUT2D eigenvalue weighted by molar-refractivity contribution is -0.179. The zero-order valence-corrected chi connectivity index (χ0v) is 42.0. The molecule has 0 aliphatic carbocycles. The number of ether oxygens (including phenoxy) is 5. The van der Waals surface area contributed by atoms with Crippen LogP contribution in [-0.4, -0.2) is 86.7 Å². The summed E-state index contributed by atoms with van der Waals surface area (Å²) in [6.07, 6.45) is 24.0. The smallest absolute Gasteiger partial charge is 0.330 e. The highest BCUT2D eigenvalue weighted by atomic mass is 79.9. The third-order valence-corrected chi connectivity index (χ3v) is 14.4. The molecule has 2 aromatic rings. The second-order valence-electron chi connectivity index (χ2n) is 20.5. The van der Waals surface area contributed by atoms with Crippen molar-refractivity contribution in [3.05, 3.63) is 107 Å². The highest BCUT2D eigenvalue weighted by molar-refractivity contribution is 9.11. The number of hydrogen-bond acceptors (Lipinski definition) is 12. The predicted molar refractivity (Wildman–Crippen MR) is 262 cm³/mol. The molecule has 15 atom stereocenters. The molecule has 0 amide bonds. The van der Waals surface area contributed by atoms with E-state index < -0.39 is 42.1 Å². The minimum absolute atomic E-state index is 0.108. The number of oxazole rings is 2. The Balaban J connectivity index is 1.06. The van der Waals surface area contributed by atoms with E-state index in [2.05, 4.69) is 75.4 Å². The van der Waals surface area contributed by atoms with Crippen LogP contribution in [0.15, 0.2) is 92.2 Å². The maximum Gasteiger partial charge on any atom is 0.330 e. The second kappa shape index (κ2) is 23.3. The number of aliphatic hydroxyl groups excluding tert-OH is 2. The SMILES string of the molecule is C=C1C[C@@H]2C[C@@H]3C[C@@H](O)C[C@@H](O3)c3coc(n3)/C=C/C[C@H]3O[C@@H](/C(C)=C/c4coc(C[C@]5(C)C[C@H](C)C[C@H]([C@H](O)/C=C(C)/C=C/[C@H](C)C/C=C/Br)O5)n4)[C@H](C)[C@@H](OC(=O)/C=C\C[C@@H](C1)O2)[C@H]3C. The third-order valence-electron chi connectivity index (χ3n) is 14.0. The maximum absolute atomic E-state index is 13.6. The molecule has 0 aromatic carbocycles. The van der Waals surface area contributed by atoms with E-state index in [1.807, 2.05) is 49.2 Å². The van der Waals surface area contributed by atoms with Crippen LogP contribution in [0.3, 0.4) is 0 Å². The number of aliphatic hydroxyl groups is 2. The van der Waals surface area contributed by atoms with Gasteiger partial charge < -0.3 is 42.7 Å². The summed E-state index contributed by atoms with van der Waals surface area (Å²) in [7, 11) is 0. The summed E-state index contributed by atoms with van der Waals surface area (Å²) in [5.41, 5.74) is 3.74. The Kier molecular flexibility index (Phi) is 17.8. The van der Waals surface area contributed by atoms with E-state index in [0.717, 1.165) is 42.4 Å². The molecule has 0 saturated carbocycles. The molecule has 7 heterocycles. The predicted octanol–water partition coefficient (Wildman–Crippen LogP) is 11.1. The fraction of sp³-hybridized carbons (Fsp3) is 0.611. The quantitative estimate of drug-likeness (QED) is 0.132. The number of halogens is 1. The summed E-state index contributed by atoms with van der Waals surface area (Å²) in [6.45, 7) is 18.9. The number of allylic oxidation sites excluding steroid dienone is 4. The van der Waals surface area contributed by atoms with Crippen molar-refractivity contribution in [2.75, 3.05) is 0 Å². The van der Waals surface area contributed by atoms with Crippen LogP contribution in [0.25, 0.3) is 12.2 Å². The number of carbonyl (C=O) groups excluding carboxylic acids is 1. The van der Waals surface area contributed by atoms with Crippen molar-refractivity contribution in [3.63, 3.8) is 0 Å². The molecule has 5 aliphatic rings. The van der Waals surface area contributed by atoms with E-state index >= 15 is 0 Å². The van der Waals surface area contributed by atoms with Crippen molar-refractivity contribution < 1.29 is 47.5 Å². The molecule has 0 unspecified atom stereocenters. The lowest BCUT2D eigenvalue weighted by Crippen LogP contribution is -2.50. The molecule has 2 aromatic heterocycles. The van der Waals surface area contributed by atoms with Crippen LogP contribution >= 0.6 is 15.9 Å². The first-order chi connectivity index (χ1) is 32.0. The van der Waals surface area contributed by atoms with Gasteiger partial charge in [0.2, 0.25) is 5.89 Å². The van der Waals surface area contributed by atoms with Crippen molar-refractivity contribution in [2.45, 2.75) is 186 Å². The van der Waals surface area contributed by atoms with Gasteiger partial charge in [-0.15, -0.1) is 0 Å². The van der Waals surface area contributed by atoms with Crippen molar-refractivity contribution in [2.24, 2.45) is 23.7 Å². The topological polar surface area (TPSA) is 156 Å². The Labute approximate surface area is 405 Å². The average Bonchev–Trinajstić information content (AvgIpc) is 3.92. The fourth-order valence-electron chi connectivity index (χ4n) is 10.8. The fourth-order valence-corrected chi connectivity index (χ4v) is 11.0. The number of aromatic nitrogens is 2. The highest BCUT2D eigenvalue weighted by Crippen LogP contribution is 2.40. The van der Waals surface area contributed by atoms with Gasteiger partial charge in [-0.2, -0.15) is 0 Å². The van der Waals surface area contributed by atoms with E-state index in [-0.39, 0.29) is 42.4 Å². The average molecular weight is 990 g/mol. The van der Waals surface area contributed by atoms with Crippen LogP contribution in [0.5, 0.6) is 0 Å². The molecular formula is C54H73BrN2O10. The molecule has 12 nitrogen and oxygen atoms in total. The molecule has 7 rings (SSSR count). The first-order valence-corrected chi connectivity index (χ1v) is 25.3. The van der Waals surface area contributed by atoms with Crippen LogP contribution in [-0.2, 0) is 34.9 Å². The van der Waals surface area contributed by atoms with E-state index in [1.54, 1.807) is 12.5 Å². The standard InChI is InChI=1S/C54H73BrN2O10/c1-32(12-11-19-55)17-18-33(2)22-45(59)48-23-35(4)28-54(8,67-48)29-50-56-39(30-61-50)24-36(5)52-38(7)53-37(6)46(65-52)14-10-15-49-57-44(31-62-49)47-26-40(58)25-43(64-47)27-42-21-34(3)20-41(63-42)13-9-16-51(60)66-53/h9-11,15-19,22,24,30-32,35,37-38,40-43,45-48,52-53,58-59H,3,12-14,20-21,23,25-29H2,1-2,4-8H3/b15-10+,16-9-,18-17+,19-11+,33-22+,36-24+/t32-,35-,37+,38+,40-,41+,42-,43+,45-,46-,47-,48-,52+,53+,54+/m1/s1. The molecule has 67 heavy (non-hydrogen) atoms. The molecule has 8 bridgehead atoms. The Morgan fingerprint density at radius 3 is 2.57 bits per heavy atom. The molecule has 0 radical (unpaired) electrons. The van der Waals surface area contributed by atoms with Crippen molar-refractivity contribution in [1.82, 2.24) is 9.97 Å².